The molecule has 0 unspecified atom stereocenters. The molecule has 0 fully saturated rings. The van der Waals surface area contributed by atoms with E-state index in [0.717, 1.165) is 11.5 Å². The normalized spacial score (nSPS) is 11.4. The van der Waals surface area contributed by atoms with Crippen molar-refractivity contribution in [3.63, 3.8) is 0 Å². The lowest BCUT2D eigenvalue weighted by atomic mass is 10.0. The Balaban J connectivity index is 2.85. The molecule has 1 aromatic rings. The molecule has 0 spiro atoms. The summed E-state index contributed by atoms with van der Waals surface area (Å²) in [5, 5.41) is 0. The maximum Gasteiger partial charge on any atom is 0.118 e. The second-order valence-corrected chi connectivity index (χ2v) is 5.56. The molecule has 78 valence electrons. The molecule has 0 atom stereocenters. The zero-order valence-electron chi connectivity index (χ0n) is 9.33. The van der Waals surface area contributed by atoms with Crippen molar-refractivity contribution >= 4 is 11.8 Å². The summed E-state index contributed by atoms with van der Waals surface area (Å²) in [6.07, 6.45) is 0. The van der Waals surface area contributed by atoms with E-state index in [9.17, 15) is 0 Å². The van der Waals surface area contributed by atoms with Gasteiger partial charge in [-0.15, -0.1) is 0 Å². The molecule has 0 saturated carbocycles. The fourth-order valence-electron chi connectivity index (χ4n) is 1.44. The molecule has 0 bridgehead atoms. The Morgan fingerprint density at radius 3 is 2.21 bits per heavy atom. The lowest BCUT2D eigenvalue weighted by molar-refractivity contribution is 0.414. The summed E-state index contributed by atoms with van der Waals surface area (Å²) in [6.45, 7) is 6.70. The molecule has 1 aromatic carbocycles. The van der Waals surface area contributed by atoms with Gasteiger partial charge in [-0.1, -0.05) is 19.1 Å². The zero-order valence-corrected chi connectivity index (χ0v) is 10.1. The van der Waals surface area contributed by atoms with E-state index in [1.807, 2.05) is 23.9 Å². The smallest absolute Gasteiger partial charge is 0.118 e. The van der Waals surface area contributed by atoms with Gasteiger partial charge in [0.15, 0.2) is 0 Å². The Morgan fingerprint density at radius 2 is 1.79 bits per heavy atom. The summed E-state index contributed by atoms with van der Waals surface area (Å²) in [4.78, 5) is 0. The number of hydrogen-bond acceptors (Lipinski definition) is 2. The molecule has 0 N–H and O–H groups in total. The number of ether oxygens (including phenoxy) is 1. The van der Waals surface area contributed by atoms with E-state index < -0.39 is 0 Å². The minimum atomic E-state index is 0.195. The first-order valence-corrected chi connectivity index (χ1v) is 5.87. The van der Waals surface area contributed by atoms with Gasteiger partial charge in [-0.05, 0) is 37.3 Å². The Hall–Kier alpha value is -0.630. The fraction of sp³-hybridized carbons (Fsp3) is 0.500. The molecule has 14 heavy (non-hydrogen) atoms. The number of methoxy groups -OCH3 is 1. The molecule has 0 aliphatic rings. The van der Waals surface area contributed by atoms with Crippen molar-refractivity contribution in [2.75, 3.05) is 12.9 Å². The van der Waals surface area contributed by atoms with Crippen LogP contribution in [0, 0.1) is 0 Å². The predicted molar refractivity (Wildman–Crippen MR) is 64.2 cm³/mol. The maximum atomic E-state index is 5.14. The lowest BCUT2D eigenvalue weighted by Gasteiger charge is -2.24. The van der Waals surface area contributed by atoms with E-state index in [0.29, 0.717) is 0 Å². The highest BCUT2D eigenvalue weighted by molar-refractivity contribution is 8.00. The summed E-state index contributed by atoms with van der Waals surface area (Å²) in [5.41, 5.74) is 1.35. The van der Waals surface area contributed by atoms with Crippen LogP contribution in [-0.4, -0.2) is 12.9 Å². The molecule has 0 aromatic heterocycles. The molecule has 2 heteroatoms. The largest absolute Gasteiger partial charge is 0.497 e. The number of thioether (sulfide) groups is 1. The Morgan fingerprint density at radius 1 is 1.21 bits per heavy atom. The Labute approximate surface area is 90.9 Å². The van der Waals surface area contributed by atoms with Gasteiger partial charge in [0.2, 0.25) is 0 Å². The molecule has 0 radical (unpaired) electrons. The molecular formula is C12H18OS. The third-order valence-electron chi connectivity index (χ3n) is 2.29. The van der Waals surface area contributed by atoms with Crippen molar-refractivity contribution in [3.8, 4) is 5.75 Å². The van der Waals surface area contributed by atoms with Gasteiger partial charge in [0, 0.05) is 4.75 Å². The molecular weight excluding hydrogens is 192 g/mol. The summed E-state index contributed by atoms with van der Waals surface area (Å²) in [6, 6.07) is 8.32. The Bertz CT molecular complexity index is 277. The third kappa shape index (κ3) is 2.68. The molecule has 1 nitrogen and oxygen atoms in total. The second-order valence-electron chi connectivity index (χ2n) is 3.67. The van der Waals surface area contributed by atoms with Crippen LogP contribution in [0.25, 0.3) is 0 Å². The van der Waals surface area contributed by atoms with Crippen LogP contribution in [0.3, 0.4) is 0 Å². The predicted octanol–water partition coefficient (Wildman–Crippen LogP) is 3.68. The van der Waals surface area contributed by atoms with Crippen LogP contribution >= 0.6 is 11.8 Å². The highest BCUT2D eigenvalue weighted by Gasteiger charge is 2.19. The van der Waals surface area contributed by atoms with Crippen LogP contribution < -0.4 is 4.74 Å². The van der Waals surface area contributed by atoms with Crippen molar-refractivity contribution in [3.05, 3.63) is 29.8 Å². The van der Waals surface area contributed by atoms with Gasteiger partial charge in [0.1, 0.15) is 5.75 Å². The average molecular weight is 210 g/mol. The van der Waals surface area contributed by atoms with Crippen LogP contribution in [0.5, 0.6) is 5.75 Å². The van der Waals surface area contributed by atoms with Crippen LogP contribution in [0.15, 0.2) is 24.3 Å². The van der Waals surface area contributed by atoms with Gasteiger partial charge in [-0.25, -0.2) is 0 Å². The van der Waals surface area contributed by atoms with E-state index in [2.05, 4.69) is 32.9 Å². The van der Waals surface area contributed by atoms with E-state index in [4.69, 9.17) is 4.74 Å². The van der Waals surface area contributed by atoms with Crippen LogP contribution in [0.2, 0.25) is 0 Å². The van der Waals surface area contributed by atoms with Crippen molar-refractivity contribution in [1.29, 1.82) is 0 Å². The minimum absolute atomic E-state index is 0.195. The minimum Gasteiger partial charge on any atom is -0.497 e. The Kier molecular flexibility index (Phi) is 3.87. The topological polar surface area (TPSA) is 9.23 Å². The molecule has 0 aliphatic heterocycles. The summed E-state index contributed by atoms with van der Waals surface area (Å²) >= 11 is 1.96. The van der Waals surface area contributed by atoms with Gasteiger partial charge in [-0.3, -0.25) is 0 Å². The lowest BCUT2D eigenvalue weighted by Crippen LogP contribution is -2.11. The van der Waals surface area contributed by atoms with Crippen LogP contribution in [-0.2, 0) is 4.75 Å². The number of benzene rings is 1. The first-order chi connectivity index (χ1) is 6.60. The van der Waals surface area contributed by atoms with E-state index in [1.54, 1.807) is 7.11 Å². The van der Waals surface area contributed by atoms with Crippen molar-refractivity contribution in [2.45, 2.75) is 25.5 Å². The molecule has 0 amide bonds. The highest BCUT2D eigenvalue weighted by Crippen LogP contribution is 2.35. The third-order valence-corrected chi connectivity index (χ3v) is 3.54. The second kappa shape index (κ2) is 4.74. The van der Waals surface area contributed by atoms with Crippen LogP contribution in [0.4, 0.5) is 0 Å². The van der Waals surface area contributed by atoms with Gasteiger partial charge in [0.25, 0.3) is 0 Å². The fourth-order valence-corrected chi connectivity index (χ4v) is 2.46. The van der Waals surface area contributed by atoms with Gasteiger partial charge in [0.05, 0.1) is 7.11 Å². The first kappa shape index (κ1) is 11.4. The highest BCUT2D eigenvalue weighted by atomic mass is 32.2. The van der Waals surface area contributed by atoms with Gasteiger partial charge in [-0.2, -0.15) is 11.8 Å². The number of rotatable bonds is 4. The first-order valence-electron chi connectivity index (χ1n) is 4.88. The maximum absolute atomic E-state index is 5.14. The summed E-state index contributed by atoms with van der Waals surface area (Å²) in [5.74, 6) is 2.06. The average Bonchev–Trinajstić information content (AvgIpc) is 2.18. The SMILES string of the molecule is CCSC(C)(C)c1ccc(OC)cc1. The van der Waals surface area contributed by atoms with Crippen LogP contribution in [0.1, 0.15) is 26.3 Å². The van der Waals surface area contributed by atoms with Gasteiger partial charge < -0.3 is 4.74 Å². The van der Waals surface area contributed by atoms with Gasteiger partial charge >= 0.3 is 0 Å². The molecule has 0 heterocycles. The van der Waals surface area contributed by atoms with E-state index in [-0.39, 0.29) is 4.75 Å². The standard InChI is InChI=1S/C12H18OS/c1-5-14-12(2,3)10-6-8-11(13-4)9-7-10/h6-9H,5H2,1-4H3. The number of hydrogen-bond donors (Lipinski definition) is 0. The van der Waals surface area contributed by atoms with Crippen molar-refractivity contribution in [2.24, 2.45) is 0 Å². The molecule has 0 aliphatic carbocycles. The molecule has 0 saturated heterocycles. The molecule has 1 rings (SSSR count). The quantitative estimate of drug-likeness (QED) is 0.749. The van der Waals surface area contributed by atoms with Crippen molar-refractivity contribution < 1.29 is 4.74 Å². The van der Waals surface area contributed by atoms with E-state index >= 15 is 0 Å². The summed E-state index contributed by atoms with van der Waals surface area (Å²) < 4.78 is 5.33. The van der Waals surface area contributed by atoms with E-state index in [1.165, 1.54) is 5.56 Å². The summed E-state index contributed by atoms with van der Waals surface area (Å²) in [7, 11) is 1.70. The zero-order chi connectivity index (χ0) is 10.6. The monoisotopic (exact) mass is 210 g/mol. The van der Waals surface area contributed by atoms with Crippen molar-refractivity contribution in [1.82, 2.24) is 0 Å².